The number of aliphatic hydroxyl groups is 1. The van der Waals surface area contributed by atoms with Crippen molar-refractivity contribution in [3.05, 3.63) is 0 Å². The number of rotatable bonds is 11. The molecule has 17 heavy (non-hydrogen) atoms. The molecule has 0 amide bonds. The van der Waals surface area contributed by atoms with Crippen molar-refractivity contribution in [2.45, 2.75) is 32.3 Å². The minimum atomic E-state index is -3.12. The van der Waals surface area contributed by atoms with Gasteiger partial charge in [0.25, 0.3) is 0 Å². The lowest BCUT2D eigenvalue weighted by Crippen LogP contribution is -2.34. The fourth-order valence-electron chi connectivity index (χ4n) is 1.45. The highest BCUT2D eigenvalue weighted by molar-refractivity contribution is 7.91. The summed E-state index contributed by atoms with van der Waals surface area (Å²) in [6.07, 6.45) is 1.76. The summed E-state index contributed by atoms with van der Waals surface area (Å²) in [7, 11) is -1.52. The molecule has 2 N–H and O–H groups in total. The van der Waals surface area contributed by atoms with E-state index in [0.717, 1.165) is 12.8 Å². The summed E-state index contributed by atoms with van der Waals surface area (Å²) in [6.45, 7) is 3.48. The number of unbranched alkanes of at least 4 members (excludes halogenated alkanes) is 2. The molecule has 6 heteroatoms. The molecule has 0 fully saturated rings. The summed E-state index contributed by atoms with van der Waals surface area (Å²) in [6, 6.07) is 0. The zero-order valence-corrected chi connectivity index (χ0v) is 11.6. The average molecular weight is 267 g/mol. The lowest BCUT2D eigenvalue weighted by Gasteiger charge is -2.12. The third-order valence-corrected chi connectivity index (χ3v) is 4.17. The smallest absolute Gasteiger partial charge is 0.152 e. The Balaban J connectivity index is 3.73. The van der Waals surface area contributed by atoms with Crippen LogP contribution in [0.4, 0.5) is 0 Å². The molecule has 0 aromatic carbocycles. The van der Waals surface area contributed by atoms with Crippen LogP contribution in [0.3, 0.4) is 0 Å². The third kappa shape index (κ3) is 10.7. The summed E-state index contributed by atoms with van der Waals surface area (Å²) < 4.78 is 28.0. The first-order chi connectivity index (χ1) is 8.02. The number of nitrogens with one attached hydrogen (secondary N) is 1. The fraction of sp³-hybridized carbons (Fsp3) is 1.00. The molecule has 0 aliphatic carbocycles. The van der Waals surface area contributed by atoms with E-state index >= 15 is 0 Å². The molecular formula is C11H25NO4S. The molecule has 0 saturated carbocycles. The van der Waals surface area contributed by atoms with Crippen LogP contribution >= 0.6 is 0 Å². The monoisotopic (exact) mass is 267 g/mol. The second-order valence-electron chi connectivity index (χ2n) is 4.17. The van der Waals surface area contributed by atoms with Crippen LogP contribution in [0, 0.1) is 0 Å². The molecular weight excluding hydrogens is 242 g/mol. The van der Waals surface area contributed by atoms with Crippen molar-refractivity contribution in [3.63, 3.8) is 0 Å². The molecule has 0 saturated heterocycles. The molecule has 0 aliphatic rings. The molecule has 0 bridgehead atoms. The van der Waals surface area contributed by atoms with Crippen molar-refractivity contribution in [2.75, 3.05) is 38.3 Å². The van der Waals surface area contributed by atoms with Crippen LogP contribution in [0.5, 0.6) is 0 Å². The minimum absolute atomic E-state index is 0.156. The summed E-state index contributed by atoms with van der Waals surface area (Å²) in [5.41, 5.74) is 0. The van der Waals surface area contributed by atoms with Crippen molar-refractivity contribution in [3.8, 4) is 0 Å². The van der Waals surface area contributed by atoms with Gasteiger partial charge in [0.1, 0.15) is 0 Å². The van der Waals surface area contributed by atoms with E-state index in [1.807, 2.05) is 6.92 Å². The maximum atomic E-state index is 11.6. The predicted octanol–water partition coefficient (Wildman–Crippen LogP) is 0.188. The van der Waals surface area contributed by atoms with Gasteiger partial charge in [-0.05, 0) is 6.42 Å². The van der Waals surface area contributed by atoms with Gasteiger partial charge in [-0.25, -0.2) is 8.42 Å². The Bertz CT molecular complexity index is 267. The Kier molecular flexibility index (Phi) is 9.72. The highest BCUT2D eigenvalue weighted by Crippen LogP contribution is 2.01. The third-order valence-electron chi connectivity index (χ3n) is 2.37. The van der Waals surface area contributed by atoms with Gasteiger partial charge in [0.15, 0.2) is 9.84 Å². The quantitative estimate of drug-likeness (QED) is 0.523. The first-order valence-corrected chi connectivity index (χ1v) is 7.92. The summed E-state index contributed by atoms with van der Waals surface area (Å²) in [4.78, 5) is 0. The predicted molar refractivity (Wildman–Crippen MR) is 68.9 cm³/mol. The molecule has 104 valence electrons. The van der Waals surface area contributed by atoms with Gasteiger partial charge in [-0.3, -0.25) is 0 Å². The van der Waals surface area contributed by atoms with Crippen LogP contribution in [0.25, 0.3) is 0 Å². The molecule has 5 nitrogen and oxygen atoms in total. The van der Waals surface area contributed by atoms with Crippen LogP contribution in [-0.2, 0) is 14.6 Å². The topological polar surface area (TPSA) is 75.6 Å². The van der Waals surface area contributed by atoms with E-state index in [0.29, 0.717) is 19.6 Å². The lowest BCUT2D eigenvalue weighted by molar-refractivity contribution is 0.174. The van der Waals surface area contributed by atoms with E-state index < -0.39 is 15.9 Å². The number of sulfone groups is 1. The van der Waals surface area contributed by atoms with Crippen molar-refractivity contribution in [2.24, 2.45) is 0 Å². The number of aliphatic hydroxyl groups excluding tert-OH is 1. The first-order valence-electron chi connectivity index (χ1n) is 6.10. The van der Waals surface area contributed by atoms with Gasteiger partial charge >= 0.3 is 0 Å². The van der Waals surface area contributed by atoms with Crippen LogP contribution in [0.15, 0.2) is 0 Å². The van der Waals surface area contributed by atoms with Gasteiger partial charge < -0.3 is 15.2 Å². The Morgan fingerprint density at radius 1 is 1.35 bits per heavy atom. The van der Waals surface area contributed by atoms with Crippen molar-refractivity contribution < 1.29 is 18.3 Å². The number of methoxy groups -OCH3 is 1. The fourth-order valence-corrected chi connectivity index (χ4v) is 2.96. The second-order valence-corrected chi connectivity index (χ2v) is 6.40. The molecule has 0 aromatic heterocycles. The van der Waals surface area contributed by atoms with Crippen LogP contribution in [0.1, 0.15) is 26.2 Å². The SMILES string of the molecule is CCCCCS(=O)(=O)CC(O)CNCCOC. The van der Waals surface area contributed by atoms with Crippen molar-refractivity contribution in [1.29, 1.82) is 0 Å². The van der Waals surface area contributed by atoms with E-state index in [4.69, 9.17) is 4.74 Å². The Labute approximate surface area is 104 Å². The van der Waals surface area contributed by atoms with Gasteiger partial charge in [-0.2, -0.15) is 0 Å². The maximum Gasteiger partial charge on any atom is 0.152 e. The van der Waals surface area contributed by atoms with Gasteiger partial charge in [-0.1, -0.05) is 19.8 Å². The summed E-state index contributed by atoms with van der Waals surface area (Å²) in [5, 5.41) is 12.5. The second kappa shape index (κ2) is 9.82. The molecule has 0 heterocycles. The maximum absolute atomic E-state index is 11.6. The summed E-state index contributed by atoms with van der Waals surface area (Å²) in [5.74, 6) is 0.0205. The molecule has 1 atom stereocenters. The average Bonchev–Trinajstić information content (AvgIpc) is 2.24. The molecule has 0 radical (unpaired) electrons. The van der Waals surface area contributed by atoms with Crippen LogP contribution in [0.2, 0.25) is 0 Å². The van der Waals surface area contributed by atoms with E-state index in [-0.39, 0.29) is 18.1 Å². The van der Waals surface area contributed by atoms with E-state index in [9.17, 15) is 13.5 Å². The number of hydrogen-bond donors (Lipinski definition) is 2. The molecule has 0 spiro atoms. The molecule has 0 rings (SSSR count). The standard InChI is InChI=1S/C11H25NO4S/c1-3-4-5-8-17(14,15)10-11(13)9-12-6-7-16-2/h11-13H,3-10H2,1-2H3. The highest BCUT2D eigenvalue weighted by atomic mass is 32.2. The normalized spacial score (nSPS) is 13.8. The molecule has 0 aromatic rings. The summed E-state index contributed by atoms with van der Waals surface area (Å²) >= 11 is 0. The number of ether oxygens (including phenoxy) is 1. The van der Waals surface area contributed by atoms with Crippen molar-refractivity contribution >= 4 is 9.84 Å². The van der Waals surface area contributed by atoms with Gasteiger partial charge in [-0.15, -0.1) is 0 Å². The Morgan fingerprint density at radius 3 is 2.65 bits per heavy atom. The van der Waals surface area contributed by atoms with E-state index in [1.165, 1.54) is 0 Å². The minimum Gasteiger partial charge on any atom is -0.391 e. The lowest BCUT2D eigenvalue weighted by atomic mass is 10.3. The van der Waals surface area contributed by atoms with Crippen molar-refractivity contribution in [1.82, 2.24) is 5.32 Å². The van der Waals surface area contributed by atoms with E-state index in [1.54, 1.807) is 7.11 Å². The van der Waals surface area contributed by atoms with E-state index in [2.05, 4.69) is 5.32 Å². The number of hydrogen-bond acceptors (Lipinski definition) is 5. The zero-order valence-electron chi connectivity index (χ0n) is 10.8. The Morgan fingerprint density at radius 2 is 2.06 bits per heavy atom. The van der Waals surface area contributed by atoms with Gasteiger partial charge in [0.2, 0.25) is 0 Å². The Hall–Kier alpha value is -0.170. The van der Waals surface area contributed by atoms with Gasteiger partial charge in [0.05, 0.1) is 24.2 Å². The molecule has 1 unspecified atom stereocenters. The zero-order chi connectivity index (χ0) is 13.1. The van der Waals surface area contributed by atoms with Crippen LogP contribution < -0.4 is 5.32 Å². The van der Waals surface area contributed by atoms with Gasteiger partial charge in [0, 0.05) is 20.2 Å². The largest absolute Gasteiger partial charge is 0.391 e. The van der Waals surface area contributed by atoms with Crippen LogP contribution in [-0.4, -0.2) is 57.9 Å². The molecule has 0 aliphatic heterocycles. The first kappa shape index (κ1) is 16.8. The highest BCUT2D eigenvalue weighted by Gasteiger charge is 2.16.